The van der Waals surface area contributed by atoms with Crippen molar-refractivity contribution < 1.29 is 19.3 Å². The Morgan fingerprint density at radius 2 is 1.77 bits per heavy atom. The summed E-state index contributed by atoms with van der Waals surface area (Å²) in [5.41, 5.74) is 2.84. The van der Waals surface area contributed by atoms with Crippen LogP contribution in [0.5, 0.6) is 0 Å². The van der Waals surface area contributed by atoms with E-state index in [4.69, 9.17) is 14.5 Å². The third-order valence-electron chi connectivity index (χ3n) is 3.43. The standard InChI is InChI=1S/C18H26N4O4/c1-12(2)16(21-24-5)13(3)20-26-11-14-9-7-8-10-15(14)17(22-25-6)18(23)19-4/h7-10,12H,11H2,1-6H3,(H,19,23)/b20-13+,21-16+,22-17+. The second-order valence-electron chi connectivity index (χ2n) is 5.62. The maximum Gasteiger partial charge on any atom is 0.273 e. The van der Waals surface area contributed by atoms with Crippen LogP contribution in [-0.4, -0.2) is 44.3 Å². The normalized spacial score (nSPS) is 12.8. The second-order valence-corrected chi connectivity index (χ2v) is 5.62. The highest BCUT2D eigenvalue weighted by atomic mass is 16.6. The summed E-state index contributed by atoms with van der Waals surface area (Å²) < 4.78 is 0. The third-order valence-corrected chi connectivity index (χ3v) is 3.43. The SMILES string of the molecule is CNC(=O)/C(=N/OC)c1ccccc1CO/N=C(C)/C(=N/OC)C(C)C. The molecule has 142 valence electrons. The van der Waals surface area contributed by atoms with Gasteiger partial charge >= 0.3 is 0 Å². The van der Waals surface area contributed by atoms with Crippen molar-refractivity contribution in [3.63, 3.8) is 0 Å². The smallest absolute Gasteiger partial charge is 0.273 e. The summed E-state index contributed by atoms with van der Waals surface area (Å²) in [7, 11) is 4.41. The lowest BCUT2D eigenvalue weighted by Crippen LogP contribution is -2.29. The summed E-state index contributed by atoms with van der Waals surface area (Å²) in [4.78, 5) is 27.2. The summed E-state index contributed by atoms with van der Waals surface area (Å²) in [6.45, 7) is 5.93. The Labute approximate surface area is 153 Å². The van der Waals surface area contributed by atoms with Crippen LogP contribution >= 0.6 is 0 Å². The fourth-order valence-corrected chi connectivity index (χ4v) is 2.23. The average molecular weight is 362 g/mol. The predicted molar refractivity (Wildman–Crippen MR) is 101 cm³/mol. The molecule has 8 heteroatoms. The number of hydrogen-bond donors (Lipinski definition) is 1. The Kier molecular flexibility index (Phi) is 8.83. The molecule has 0 aliphatic carbocycles. The zero-order valence-corrected chi connectivity index (χ0v) is 16.1. The predicted octanol–water partition coefficient (Wildman–Crippen LogP) is 2.33. The zero-order chi connectivity index (χ0) is 19.5. The monoisotopic (exact) mass is 362 g/mol. The van der Waals surface area contributed by atoms with Gasteiger partial charge in [0.1, 0.15) is 32.2 Å². The highest BCUT2D eigenvalue weighted by molar-refractivity contribution is 6.45. The molecular formula is C18H26N4O4. The van der Waals surface area contributed by atoms with E-state index < -0.39 is 0 Å². The lowest BCUT2D eigenvalue weighted by Gasteiger charge is -2.11. The van der Waals surface area contributed by atoms with Gasteiger partial charge < -0.3 is 19.8 Å². The first-order valence-corrected chi connectivity index (χ1v) is 8.15. The molecular weight excluding hydrogens is 336 g/mol. The van der Waals surface area contributed by atoms with Gasteiger partial charge in [-0.05, 0) is 6.92 Å². The van der Waals surface area contributed by atoms with Gasteiger partial charge in [0.25, 0.3) is 5.91 Å². The molecule has 0 aromatic heterocycles. The number of oxime groups is 3. The topological polar surface area (TPSA) is 93.9 Å². The van der Waals surface area contributed by atoms with Gasteiger partial charge in [0.15, 0.2) is 5.71 Å². The molecule has 1 aromatic rings. The Bertz CT molecular complexity index is 696. The van der Waals surface area contributed by atoms with Crippen molar-refractivity contribution >= 4 is 23.0 Å². The van der Waals surface area contributed by atoms with E-state index in [0.29, 0.717) is 17.0 Å². The molecule has 0 aliphatic heterocycles. The molecule has 0 bridgehead atoms. The van der Waals surface area contributed by atoms with E-state index in [0.717, 1.165) is 5.56 Å². The van der Waals surface area contributed by atoms with Crippen LogP contribution in [0.2, 0.25) is 0 Å². The number of carbonyl (C=O) groups is 1. The molecule has 26 heavy (non-hydrogen) atoms. The lowest BCUT2D eigenvalue weighted by atomic mass is 10.0. The number of nitrogens with one attached hydrogen (secondary N) is 1. The quantitative estimate of drug-likeness (QED) is 0.539. The maximum absolute atomic E-state index is 12.1. The van der Waals surface area contributed by atoms with E-state index in [1.807, 2.05) is 32.0 Å². The maximum atomic E-state index is 12.1. The van der Waals surface area contributed by atoms with Crippen molar-refractivity contribution in [3.05, 3.63) is 35.4 Å². The average Bonchev–Trinajstić information content (AvgIpc) is 2.63. The summed E-state index contributed by atoms with van der Waals surface area (Å²) in [5.74, 6) is -0.212. The lowest BCUT2D eigenvalue weighted by molar-refractivity contribution is -0.114. The van der Waals surface area contributed by atoms with E-state index in [9.17, 15) is 4.79 Å². The molecule has 0 saturated carbocycles. The highest BCUT2D eigenvalue weighted by Crippen LogP contribution is 2.13. The van der Waals surface area contributed by atoms with Gasteiger partial charge in [0.2, 0.25) is 0 Å². The van der Waals surface area contributed by atoms with Gasteiger partial charge in [-0.25, -0.2) is 0 Å². The van der Waals surface area contributed by atoms with Crippen molar-refractivity contribution in [3.8, 4) is 0 Å². The number of hydrogen-bond acceptors (Lipinski definition) is 7. The van der Waals surface area contributed by atoms with Crippen LogP contribution in [-0.2, 0) is 25.9 Å². The van der Waals surface area contributed by atoms with E-state index in [1.165, 1.54) is 21.3 Å². The molecule has 0 fully saturated rings. The first-order chi connectivity index (χ1) is 12.5. The Morgan fingerprint density at radius 3 is 2.35 bits per heavy atom. The molecule has 1 aromatic carbocycles. The molecule has 0 atom stereocenters. The van der Waals surface area contributed by atoms with E-state index in [1.54, 1.807) is 13.0 Å². The molecule has 0 spiro atoms. The highest BCUT2D eigenvalue weighted by Gasteiger charge is 2.17. The fourth-order valence-electron chi connectivity index (χ4n) is 2.23. The van der Waals surface area contributed by atoms with Crippen molar-refractivity contribution in [2.75, 3.05) is 21.3 Å². The summed E-state index contributed by atoms with van der Waals surface area (Å²) >= 11 is 0. The number of benzene rings is 1. The van der Waals surface area contributed by atoms with Crippen molar-refractivity contribution in [2.24, 2.45) is 21.4 Å². The molecule has 1 N–H and O–H groups in total. The van der Waals surface area contributed by atoms with Crippen LogP contribution in [0.4, 0.5) is 0 Å². The van der Waals surface area contributed by atoms with Crippen LogP contribution in [0.15, 0.2) is 39.7 Å². The number of rotatable bonds is 9. The van der Waals surface area contributed by atoms with Gasteiger partial charge in [-0.1, -0.05) is 53.6 Å². The number of carbonyl (C=O) groups excluding carboxylic acids is 1. The van der Waals surface area contributed by atoms with Crippen LogP contribution in [0, 0.1) is 5.92 Å². The van der Waals surface area contributed by atoms with Crippen LogP contribution in [0.3, 0.4) is 0 Å². The molecule has 0 saturated heterocycles. The largest absolute Gasteiger partial charge is 0.399 e. The molecule has 1 rings (SSSR count). The van der Waals surface area contributed by atoms with Crippen molar-refractivity contribution in [2.45, 2.75) is 27.4 Å². The van der Waals surface area contributed by atoms with Gasteiger partial charge in [0, 0.05) is 24.1 Å². The van der Waals surface area contributed by atoms with E-state index >= 15 is 0 Å². The Hall–Kier alpha value is -2.90. The molecule has 0 heterocycles. The molecule has 0 unspecified atom stereocenters. The first kappa shape index (κ1) is 21.1. The fraction of sp³-hybridized carbons (Fsp3) is 0.444. The second kappa shape index (κ2) is 10.9. The van der Waals surface area contributed by atoms with Gasteiger partial charge in [-0.15, -0.1) is 0 Å². The van der Waals surface area contributed by atoms with E-state index in [2.05, 4.69) is 20.8 Å². The van der Waals surface area contributed by atoms with Crippen molar-refractivity contribution in [1.29, 1.82) is 0 Å². The first-order valence-electron chi connectivity index (χ1n) is 8.15. The minimum Gasteiger partial charge on any atom is -0.399 e. The van der Waals surface area contributed by atoms with Crippen LogP contribution < -0.4 is 5.32 Å². The summed E-state index contributed by atoms with van der Waals surface area (Å²) in [6, 6.07) is 7.26. The van der Waals surface area contributed by atoms with E-state index in [-0.39, 0.29) is 24.1 Å². The molecule has 0 radical (unpaired) electrons. The minimum absolute atomic E-state index is 0.142. The Morgan fingerprint density at radius 1 is 1.12 bits per heavy atom. The van der Waals surface area contributed by atoms with Gasteiger partial charge in [0.05, 0.1) is 0 Å². The van der Waals surface area contributed by atoms with Gasteiger partial charge in [-0.2, -0.15) is 0 Å². The molecule has 1 amide bonds. The Balaban J connectivity index is 3.02. The number of amides is 1. The number of nitrogens with zero attached hydrogens (tertiary/aromatic N) is 3. The minimum atomic E-state index is -0.353. The van der Waals surface area contributed by atoms with Crippen LogP contribution in [0.1, 0.15) is 31.9 Å². The zero-order valence-electron chi connectivity index (χ0n) is 16.1. The number of likely N-dealkylation sites (N-methyl/N-ethyl adjacent to an activating group) is 1. The van der Waals surface area contributed by atoms with Gasteiger partial charge in [-0.3, -0.25) is 4.79 Å². The summed E-state index contributed by atoms with van der Waals surface area (Å²) in [6.07, 6.45) is 0. The molecule has 8 nitrogen and oxygen atoms in total. The van der Waals surface area contributed by atoms with Crippen molar-refractivity contribution in [1.82, 2.24) is 5.32 Å². The van der Waals surface area contributed by atoms with Crippen LogP contribution in [0.25, 0.3) is 0 Å². The molecule has 0 aliphatic rings. The third kappa shape index (κ3) is 5.87. The summed E-state index contributed by atoms with van der Waals surface area (Å²) in [5, 5.41) is 14.4.